The third-order valence-electron chi connectivity index (χ3n) is 2.46. The van der Waals surface area contributed by atoms with Crippen LogP contribution in [-0.2, 0) is 23.4 Å². The molecule has 0 aromatic carbocycles. The van der Waals surface area contributed by atoms with Crippen molar-refractivity contribution in [3.05, 3.63) is 29.1 Å². The molecule has 0 amide bonds. The molecule has 1 aromatic heterocycles. The summed E-state index contributed by atoms with van der Waals surface area (Å²) >= 11 is 0. The molecule has 1 aromatic rings. The van der Waals surface area contributed by atoms with Crippen LogP contribution >= 0.6 is 0 Å². The second-order valence-corrected chi connectivity index (χ2v) is 4.57. The Kier molecular flexibility index (Phi) is 1.88. The molecular weight excluding hydrogens is 162 g/mol. The molecule has 2 rings (SSSR count). The van der Waals surface area contributed by atoms with Crippen molar-refractivity contribution in [2.24, 2.45) is 0 Å². The molecule has 2 heterocycles. The van der Waals surface area contributed by atoms with Crippen LogP contribution in [0.1, 0.15) is 37.5 Å². The van der Waals surface area contributed by atoms with Crippen molar-refractivity contribution in [1.29, 1.82) is 0 Å². The predicted octanol–water partition coefficient (Wildman–Crippen LogP) is 2.41. The number of fused-ring (bicyclic) bond motifs is 1. The van der Waals surface area contributed by atoms with Crippen molar-refractivity contribution in [1.82, 2.24) is 4.98 Å². The van der Waals surface area contributed by atoms with Gasteiger partial charge in [0, 0.05) is 18.0 Å². The molecule has 0 bridgehead atoms. The summed E-state index contributed by atoms with van der Waals surface area (Å²) in [5.74, 6) is 0. The molecule has 0 saturated carbocycles. The molecule has 70 valence electrons. The fraction of sp³-hybridized carbons (Fsp3) is 0.545. The summed E-state index contributed by atoms with van der Waals surface area (Å²) in [7, 11) is 0. The molecule has 0 atom stereocenters. The number of aromatic nitrogens is 1. The Labute approximate surface area is 78.9 Å². The topological polar surface area (TPSA) is 22.1 Å². The van der Waals surface area contributed by atoms with E-state index in [9.17, 15) is 0 Å². The molecule has 2 nitrogen and oxygen atoms in total. The number of hydrogen-bond acceptors (Lipinski definition) is 2. The van der Waals surface area contributed by atoms with Gasteiger partial charge in [0.25, 0.3) is 0 Å². The molecule has 1 aliphatic rings. The fourth-order valence-corrected chi connectivity index (χ4v) is 1.73. The lowest BCUT2D eigenvalue weighted by Crippen LogP contribution is -2.14. The second-order valence-electron chi connectivity index (χ2n) is 4.57. The maximum absolute atomic E-state index is 5.41. The van der Waals surface area contributed by atoms with Gasteiger partial charge in [-0.25, -0.2) is 0 Å². The van der Waals surface area contributed by atoms with E-state index in [1.165, 1.54) is 16.7 Å². The summed E-state index contributed by atoms with van der Waals surface area (Å²) in [5, 5.41) is 0. The predicted molar refractivity (Wildman–Crippen MR) is 51.4 cm³/mol. The van der Waals surface area contributed by atoms with Crippen molar-refractivity contribution < 1.29 is 4.74 Å². The number of pyridine rings is 1. The van der Waals surface area contributed by atoms with Gasteiger partial charge in [-0.15, -0.1) is 0 Å². The molecular formula is C11H15NO. The van der Waals surface area contributed by atoms with Crippen LogP contribution in [0.25, 0.3) is 0 Å². The molecule has 13 heavy (non-hydrogen) atoms. The average Bonchev–Trinajstić information content (AvgIpc) is 2.48. The molecule has 0 aliphatic carbocycles. The lowest BCUT2D eigenvalue weighted by atomic mass is 9.84. The van der Waals surface area contributed by atoms with Crippen molar-refractivity contribution in [3.8, 4) is 0 Å². The summed E-state index contributed by atoms with van der Waals surface area (Å²) in [5.41, 5.74) is 4.10. The Morgan fingerprint density at radius 1 is 1.23 bits per heavy atom. The number of nitrogens with zero attached hydrogens (tertiary/aromatic N) is 1. The Hall–Kier alpha value is -0.890. The number of hydrogen-bond donors (Lipinski definition) is 0. The highest BCUT2D eigenvalue weighted by atomic mass is 16.5. The van der Waals surface area contributed by atoms with Gasteiger partial charge in [0.15, 0.2) is 0 Å². The Bertz CT molecular complexity index is 325. The average molecular weight is 177 g/mol. The first kappa shape index (κ1) is 8.70. The van der Waals surface area contributed by atoms with Gasteiger partial charge in [0.1, 0.15) is 0 Å². The molecule has 1 aliphatic heterocycles. The highest BCUT2D eigenvalue weighted by molar-refractivity contribution is 5.37. The smallest absolute Gasteiger partial charge is 0.0740 e. The highest BCUT2D eigenvalue weighted by Crippen LogP contribution is 2.30. The van der Waals surface area contributed by atoms with E-state index < -0.39 is 0 Å². The van der Waals surface area contributed by atoms with Crippen molar-refractivity contribution in [2.45, 2.75) is 39.4 Å². The minimum atomic E-state index is 0.173. The number of ether oxygens (including phenoxy) is 1. The SMILES string of the molecule is CC(C)(C)c1cncc2c1COC2. The zero-order valence-electron chi connectivity index (χ0n) is 8.42. The Morgan fingerprint density at radius 2 is 2.00 bits per heavy atom. The molecule has 0 N–H and O–H groups in total. The van der Waals surface area contributed by atoms with E-state index in [0.717, 1.165) is 13.2 Å². The monoisotopic (exact) mass is 177 g/mol. The van der Waals surface area contributed by atoms with Gasteiger partial charge in [0.2, 0.25) is 0 Å². The molecule has 0 radical (unpaired) electrons. The normalized spacial score (nSPS) is 15.9. The standard InChI is InChI=1S/C11H15NO/c1-11(2,3)10-5-12-4-8-6-13-7-9(8)10/h4-5H,6-7H2,1-3H3. The van der Waals surface area contributed by atoms with Crippen LogP contribution in [0.3, 0.4) is 0 Å². The van der Waals surface area contributed by atoms with Gasteiger partial charge in [0.05, 0.1) is 13.2 Å². The van der Waals surface area contributed by atoms with Gasteiger partial charge in [-0.2, -0.15) is 0 Å². The van der Waals surface area contributed by atoms with Crippen molar-refractivity contribution >= 4 is 0 Å². The maximum Gasteiger partial charge on any atom is 0.0740 e. The maximum atomic E-state index is 5.41. The third-order valence-corrected chi connectivity index (χ3v) is 2.46. The van der Waals surface area contributed by atoms with Crippen LogP contribution in [-0.4, -0.2) is 4.98 Å². The fourth-order valence-electron chi connectivity index (χ4n) is 1.73. The van der Waals surface area contributed by atoms with E-state index in [1.807, 2.05) is 12.4 Å². The van der Waals surface area contributed by atoms with Gasteiger partial charge >= 0.3 is 0 Å². The summed E-state index contributed by atoms with van der Waals surface area (Å²) in [6, 6.07) is 0. The molecule has 2 heteroatoms. The highest BCUT2D eigenvalue weighted by Gasteiger charge is 2.23. The summed E-state index contributed by atoms with van der Waals surface area (Å²) in [4.78, 5) is 4.24. The van der Waals surface area contributed by atoms with Crippen molar-refractivity contribution in [2.75, 3.05) is 0 Å². The van der Waals surface area contributed by atoms with E-state index in [-0.39, 0.29) is 5.41 Å². The largest absolute Gasteiger partial charge is 0.372 e. The van der Waals surface area contributed by atoms with E-state index in [4.69, 9.17) is 4.74 Å². The van der Waals surface area contributed by atoms with E-state index in [1.54, 1.807) is 0 Å². The second kappa shape index (κ2) is 2.81. The molecule has 0 unspecified atom stereocenters. The van der Waals surface area contributed by atoms with Crippen LogP contribution in [0.5, 0.6) is 0 Å². The Balaban J connectivity index is 2.54. The zero-order valence-corrected chi connectivity index (χ0v) is 8.42. The van der Waals surface area contributed by atoms with E-state index in [0.29, 0.717) is 0 Å². The summed E-state index contributed by atoms with van der Waals surface area (Å²) in [6.45, 7) is 8.12. The Morgan fingerprint density at radius 3 is 2.69 bits per heavy atom. The minimum absolute atomic E-state index is 0.173. The van der Waals surface area contributed by atoms with Gasteiger partial charge < -0.3 is 4.74 Å². The van der Waals surface area contributed by atoms with Crippen molar-refractivity contribution in [3.63, 3.8) is 0 Å². The van der Waals surface area contributed by atoms with Crippen LogP contribution in [0, 0.1) is 0 Å². The zero-order chi connectivity index (χ0) is 9.47. The first-order chi connectivity index (χ1) is 6.09. The summed E-state index contributed by atoms with van der Waals surface area (Å²) < 4.78 is 5.41. The van der Waals surface area contributed by atoms with Crippen LogP contribution < -0.4 is 0 Å². The first-order valence-corrected chi connectivity index (χ1v) is 4.63. The molecule has 0 spiro atoms. The van der Waals surface area contributed by atoms with Crippen LogP contribution in [0.2, 0.25) is 0 Å². The molecule has 0 saturated heterocycles. The number of rotatable bonds is 0. The minimum Gasteiger partial charge on any atom is -0.372 e. The lowest BCUT2D eigenvalue weighted by Gasteiger charge is -2.21. The molecule has 0 fully saturated rings. The van der Waals surface area contributed by atoms with Gasteiger partial charge in [-0.05, 0) is 16.5 Å². The van der Waals surface area contributed by atoms with Crippen LogP contribution in [0.15, 0.2) is 12.4 Å². The van der Waals surface area contributed by atoms with E-state index >= 15 is 0 Å². The quantitative estimate of drug-likeness (QED) is 0.607. The third kappa shape index (κ3) is 1.46. The van der Waals surface area contributed by atoms with Gasteiger partial charge in [-0.1, -0.05) is 20.8 Å². The summed E-state index contributed by atoms with van der Waals surface area (Å²) in [6.07, 6.45) is 3.88. The van der Waals surface area contributed by atoms with Gasteiger partial charge in [-0.3, -0.25) is 4.98 Å². The lowest BCUT2D eigenvalue weighted by molar-refractivity contribution is 0.134. The first-order valence-electron chi connectivity index (χ1n) is 4.63. The van der Waals surface area contributed by atoms with E-state index in [2.05, 4.69) is 25.8 Å². The van der Waals surface area contributed by atoms with Crippen LogP contribution in [0.4, 0.5) is 0 Å².